The van der Waals surface area contributed by atoms with Gasteiger partial charge in [-0.05, 0) is 13.8 Å². The summed E-state index contributed by atoms with van der Waals surface area (Å²) in [5, 5.41) is -0.648. The molecular weight excluding hydrogens is 232 g/mol. The van der Waals surface area contributed by atoms with Crippen molar-refractivity contribution < 1.29 is 25.9 Å². The van der Waals surface area contributed by atoms with Gasteiger partial charge in [0.1, 0.15) is 6.10 Å². The summed E-state index contributed by atoms with van der Waals surface area (Å²) in [4.78, 5) is 0. The van der Waals surface area contributed by atoms with Gasteiger partial charge in [0.15, 0.2) is 0 Å². The molecule has 0 aromatic rings. The summed E-state index contributed by atoms with van der Waals surface area (Å²) in [6.45, 7) is 2.88. The highest BCUT2D eigenvalue weighted by Crippen LogP contribution is 2.46. The predicted octanol–water partition coefficient (Wildman–Crippen LogP) is 0.806. The first-order chi connectivity index (χ1) is 6.23. The fraction of sp³-hybridized carbons (Fsp3) is 1.00. The van der Waals surface area contributed by atoms with Gasteiger partial charge < -0.3 is 9.11 Å². The Balaban J connectivity index is 2.56. The van der Waals surface area contributed by atoms with Crippen molar-refractivity contribution in [3.05, 3.63) is 0 Å². The average Bonchev–Trinajstić information content (AvgIpc) is 2.28. The van der Waals surface area contributed by atoms with Gasteiger partial charge in [0.2, 0.25) is 0 Å². The molecular formula is C6H14O6S2. The second-order valence-corrected chi connectivity index (χ2v) is 7.22. The first-order valence-electron chi connectivity index (χ1n) is 4.05. The van der Waals surface area contributed by atoms with E-state index in [1.165, 1.54) is 13.8 Å². The minimum Gasteiger partial charge on any atom is -0.308 e. The summed E-state index contributed by atoms with van der Waals surface area (Å²) >= 11 is 0. The van der Waals surface area contributed by atoms with Crippen molar-refractivity contribution in [3.8, 4) is 0 Å². The molecule has 1 heterocycles. The minimum absolute atomic E-state index is 0.103. The van der Waals surface area contributed by atoms with E-state index >= 15 is 0 Å². The van der Waals surface area contributed by atoms with Gasteiger partial charge in [0.25, 0.3) is 10.1 Å². The lowest BCUT2D eigenvalue weighted by atomic mass is 10.5. The monoisotopic (exact) mass is 246 g/mol. The van der Waals surface area contributed by atoms with Crippen molar-refractivity contribution in [2.75, 3.05) is 12.4 Å². The summed E-state index contributed by atoms with van der Waals surface area (Å²) in [5.74, 6) is -0.182. The Morgan fingerprint density at radius 2 is 2.07 bits per heavy atom. The van der Waals surface area contributed by atoms with Crippen LogP contribution < -0.4 is 0 Å². The Labute approximate surface area is 84.9 Å². The average molecular weight is 246 g/mol. The fourth-order valence-electron chi connectivity index (χ4n) is 0.880. The van der Waals surface area contributed by atoms with Crippen molar-refractivity contribution in [1.29, 1.82) is 0 Å². The zero-order valence-electron chi connectivity index (χ0n) is 7.91. The van der Waals surface area contributed by atoms with Crippen LogP contribution in [-0.2, 0) is 18.5 Å². The quantitative estimate of drug-likeness (QED) is 0.716. The van der Waals surface area contributed by atoms with Gasteiger partial charge >= 0.3 is 0 Å². The Bertz CT molecular complexity index is 295. The molecule has 1 saturated heterocycles. The zero-order valence-corrected chi connectivity index (χ0v) is 9.55. The van der Waals surface area contributed by atoms with Crippen LogP contribution in [0.15, 0.2) is 0 Å². The molecule has 0 aromatic carbocycles. The molecule has 0 spiro atoms. The number of hydrogen-bond acceptors (Lipinski definition) is 6. The molecule has 14 heavy (non-hydrogen) atoms. The Hall–Kier alpha value is 0.140. The standard InChI is InChI=1S/C6H14O6S2/c1-5(2)14(9,10)12-6-3-11-13(7,8)4-6/h5-8H,3-4H2,1-2H3. The summed E-state index contributed by atoms with van der Waals surface area (Å²) in [6.07, 6.45) is -0.785. The van der Waals surface area contributed by atoms with Gasteiger partial charge in [-0.3, -0.25) is 8.37 Å². The van der Waals surface area contributed by atoms with Crippen molar-refractivity contribution >= 4 is 21.0 Å². The summed E-state index contributed by atoms with van der Waals surface area (Å²) < 4.78 is 49.9. The van der Waals surface area contributed by atoms with Crippen LogP contribution in [0, 0.1) is 0 Å². The number of hydrogen-bond donors (Lipinski definition) is 2. The van der Waals surface area contributed by atoms with Crippen LogP contribution in [0.4, 0.5) is 0 Å². The van der Waals surface area contributed by atoms with E-state index in [0.29, 0.717) is 0 Å². The highest BCUT2D eigenvalue weighted by Gasteiger charge is 2.36. The van der Waals surface area contributed by atoms with Crippen LogP contribution in [0.25, 0.3) is 0 Å². The van der Waals surface area contributed by atoms with E-state index in [1.54, 1.807) is 0 Å². The van der Waals surface area contributed by atoms with Gasteiger partial charge in [-0.25, -0.2) is 0 Å². The molecule has 2 N–H and O–H groups in total. The lowest BCUT2D eigenvalue weighted by Crippen LogP contribution is -2.26. The maximum atomic E-state index is 11.3. The van der Waals surface area contributed by atoms with Gasteiger partial charge in [0.05, 0.1) is 28.5 Å². The second-order valence-electron chi connectivity index (χ2n) is 3.32. The Morgan fingerprint density at radius 1 is 1.50 bits per heavy atom. The molecule has 1 atom stereocenters. The summed E-state index contributed by atoms with van der Waals surface area (Å²) in [6, 6.07) is 0. The van der Waals surface area contributed by atoms with Crippen LogP contribution in [0.3, 0.4) is 0 Å². The lowest BCUT2D eigenvalue weighted by molar-refractivity contribution is 0.179. The van der Waals surface area contributed by atoms with E-state index in [1.807, 2.05) is 0 Å². The maximum Gasteiger partial charge on any atom is 0.270 e. The molecule has 1 rings (SSSR count). The van der Waals surface area contributed by atoms with E-state index in [-0.39, 0.29) is 12.4 Å². The molecule has 8 heteroatoms. The molecule has 1 aliphatic rings. The van der Waals surface area contributed by atoms with Crippen LogP contribution in [-0.4, -0.2) is 41.2 Å². The third-order valence-electron chi connectivity index (χ3n) is 1.69. The smallest absolute Gasteiger partial charge is 0.270 e. The van der Waals surface area contributed by atoms with Crippen molar-refractivity contribution in [3.63, 3.8) is 0 Å². The second kappa shape index (κ2) is 3.95. The van der Waals surface area contributed by atoms with Gasteiger partial charge in [-0.2, -0.15) is 8.42 Å². The van der Waals surface area contributed by atoms with E-state index in [4.69, 9.17) is 13.3 Å². The molecule has 6 nitrogen and oxygen atoms in total. The zero-order chi connectivity index (χ0) is 11.0. The molecule has 0 amide bonds. The van der Waals surface area contributed by atoms with Gasteiger partial charge in [-0.1, -0.05) is 0 Å². The van der Waals surface area contributed by atoms with Crippen LogP contribution in [0.2, 0.25) is 0 Å². The molecule has 1 aliphatic heterocycles. The van der Waals surface area contributed by atoms with Crippen molar-refractivity contribution in [1.82, 2.24) is 0 Å². The molecule has 1 fully saturated rings. The van der Waals surface area contributed by atoms with E-state index in [2.05, 4.69) is 4.18 Å². The summed E-state index contributed by atoms with van der Waals surface area (Å²) in [5.41, 5.74) is 0. The lowest BCUT2D eigenvalue weighted by Gasteiger charge is -2.18. The molecule has 0 saturated carbocycles. The summed E-state index contributed by atoms with van der Waals surface area (Å²) in [7, 11) is -6.70. The number of rotatable bonds is 3. The van der Waals surface area contributed by atoms with E-state index in [0.717, 1.165) is 0 Å². The van der Waals surface area contributed by atoms with E-state index < -0.39 is 32.3 Å². The molecule has 0 radical (unpaired) electrons. The van der Waals surface area contributed by atoms with E-state index in [9.17, 15) is 8.42 Å². The molecule has 0 aromatic heterocycles. The highest BCUT2D eigenvalue weighted by molar-refractivity contribution is 8.20. The minimum atomic E-state index is -3.62. The topological polar surface area (TPSA) is 93.1 Å². The SMILES string of the molecule is CC(C)S(=O)(=O)OC1COS(O)(O)C1. The third kappa shape index (κ3) is 3.07. The van der Waals surface area contributed by atoms with Gasteiger partial charge in [0, 0.05) is 0 Å². The van der Waals surface area contributed by atoms with Crippen LogP contribution in [0.1, 0.15) is 13.8 Å². The Morgan fingerprint density at radius 3 is 2.43 bits per heavy atom. The maximum absolute atomic E-state index is 11.3. The largest absolute Gasteiger partial charge is 0.308 e. The fourth-order valence-corrected chi connectivity index (χ4v) is 2.81. The normalized spacial score (nSPS) is 29.4. The van der Waals surface area contributed by atoms with Crippen molar-refractivity contribution in [2.24, 2.45) is 0 Å². The molecule has 0 bridgehead atoms. The first kappa shape index (κ1) is 12.2. The molecule has 86 valence electrons. The predicted molar refractivity (Wildman–Crippen MR) is 52.6 cm³/mol. The third-order valence-corrected chi connectivity index (χ3v) is 4.71. The van der Waals surface area contributed by atoms with Crippen LogP contribution in [0.5, 0.6) is 0 Å². The van der Waals surface area contributed by atoms with Crippen LogP contribution >= 0.6 is 10.9 Å². The highest BCUT2D eigenvalue weighted by atomic mass is 32.3. The van der Waals surface area contributed by atoms with Gasteiger partial charge in [-0.15, -0.1) is 0 Å². The van der Waals surface area contributed by atoms with Crippen molar-refractivity contribution in [2.45, 2.75) is 25.2 Å². The molecule has 0 aliphatic carbocycles. The Kier molecular flexibility index (Phi) is 3.45. The first-order valence-corrected chi connectivity index (χ1v) is 7.16. The molecule has 1 unspecified atom stereocenters.